The lowest BCUT2D eigenvalue weighted by Gasteiger charge is -2.32. The molecular weight excluding hydrogens is 310 g/mol. The maximum Gasteiger partial charge on any atom is 0.250 e. The van der Waals surface area contributed by atoms with E-state index in [4.69, 9.17) is 18.3 Å². The SMILES string of the molecule is c1cc(-c2nnc(C3CCN(CCC4OCCCO4)CC3)o2)co1. The Balaban J connectivity index is 1.25. The lowest BCUT2D eigenvalue weighted by atomic mass is 9.97. The first-order valence-corrected chi connectivity index (χ1v) is 8.70. The third-order valence-electron chi connectivity index (χ3n) is 4.72. The molecule has 0 aromatic carbocycles. The Morgan fingerprint density at radius 3 is 2.71 bits per heavy atom. The lowest BCUT2D eigenvalue weighted by molar-refractivity contribution is -0.182. The summed E-state index contributed by atoms with van der Waals surface area (Å²) in [6, 6.07) is 1.83. The highest BCUT2D eigenvalue weighted by atomic mass is 16.7. The minimum absolute atomic E-state index is 0.0232. The van der Waals surface area contributed by atoms with Gasteiger partial charge in [-0.25, -0.2) is 0 Å². The number of hydrogen-bond acceptors (Lipinski definition) is 7. The van der Waals surface area contributed by atoms with E-state index in [-0.39, 0.29) is 6.29 Å². The molecule has 2 saturated heterocycles. The van der Waals surface area contributed by atoms with Crippen LogP contribution < -0.4 is 0 Å². The first-order valence-electron chi connectivity index (χ1n) is 8.70. The Morgan fingerprint density at radius 2 is 1.96 bits per heavy atom. The first-order chi connectivity index (χ1) is 11.9. The highest BCUT2D eigenvalue weighted by Crippen LogP contribution is 2.29. The van der Waals surface area contributed by atoms with Crippen LogP contribution in [0, 0.1) is 0 Å². The summed E-state index contributed by atoms with van der Waals surface area (Å²) in [7, 11) is 0. The molecule has 2 aromatic heterocycles. The second-order valence-corrected chi connectivity index (χ2v) is 6.39. The molecule has 4 rings (SSSR count). The molecule has 0 aliphatic carbocycles. The van der Waals surface area contributed by atoms with Crippen molar-refractivity contribution in [2.75, 3.05) is 32.8 Å². The lowest BCUT2D eigenvalue weighted by Crippen LogP contribution is -2.36. The number of furan rings is 1. The minimum Gasteiger partial charge on any atom is -0.472 e. The van der Waals surface area contributed by atoms with E-state index in [1.807, 2.05) is 6.07 Å². The Kier molecular flexibility index (Phi) is 4.91. The van der Waals surface area contributed by atoms with Crippen LogP contribution in [0.4, 0.5) is 0 Å². The van der Waals surface area contributed by atoms with Crippen LogP contribution in [-0.2, 0) is 9.47 Å². The highest BCUT2D eigenvalue weighted by molar-refractivity contribution is 5.49. The largest absolute Gasteiger partial charge is 0.472 e. The number of hydrogen-bond donors (Lipinski definition) is 0. The summed E-state index contributed by atoms with van der Waals surface area (Å²) >= 11 is 0. The summed E-state index contributed by atoms with van der Waals surface area (Å²) in [4.78, 5) is 2.46. The predicted octanol–water partition coefficient (Wildman–Crippen LogP) is 2.66. The van der Waals surface area contributed by atoms with E-state index in [1.54, 1.807) is 12.5 Å². The summed E-state index contributed by atoms with van der Waals surface area (Å²) in [6.07, 6.45) is 7.24. The molecule has 24 heavy (non-hydrogen) atoms. The molecule has 4 heterocycles. The van der Waals surface area contributed by atoms with E-state index in [0.717, 1.165) is 70.0 Å². The van der Waals surface area contributed by atoms with Gasteiger partial charge in [0.1, 0.15) is 6.26 Å². The van der Waals surface area contributed by atoms with Crippen LogP contribution in [-0.4, -0.2) is 54.2 Å². The Bertz CT molecular complexity index is 614. The molecule has 2 fully saturated rings. The van der Waals surface area contributed by atoms with Crippen molar-refractivity contribution < 1.29 is 18.3 Å². The monoisotopic (exact) mass is 333 g/mol. The van der Waals surface area contributed by atoms with Gasteiger partial charge in [-0.15, -0.1) is 10.2 Å². The van der Waals surface area contributed by atoms with Gasteiger partial charge in [-0.3, -0.25) is 0 Å². The molecule has 0 atom stereocenters. The van der Waals surface area contributed by atoms with E-state index in [1.165, 1.54) is 0 Å². The van der Waals surface area contributed by atoms with Crippen molar-refractivity contribution in [3.63, 3.8) is 0 Å². The third kappa shape index (κ3) is 3.68. The van der Waals surface area contributed by atoms with Crippen LogP contribution in [0.3, 0.4) is 0 Å². The van der Waals surface area contributed by atoms with Gasteiger partial charge < -0.3 is 23.2 Å². The van der Waals surface area contributed by atoms with E-state index in [0.29, 0.717) is 11.8 Å². The average Bonchev–Trinajstić information content (AvgIpc) is 3.33. The second-order valence-electron chi connectivity index (χ2n) is 6.39. The number of likely N-dealkylation sites (tertiary alicyclic amines) is 1. The number of nitrogens with zero attached hydrogens (tertiary/aromatic N) is 3. The Morgan fingerprint density at radius 1 is 1.12 bits per heavy atom. The second kappa shape index (κ2) is 7.46. The molecule has 130 valence electrons. The smallest absolute Gasteiger partial charge is 0.250 e. The van der Waals surface area contributed by atoms with Crippen molar-refractivity contribution in [3.05, 3.63) is 24.5 Å². The van der Waals surface area contributed by atoms with E-state index in [9.17, 15) is 0 Å². The van der Waals surface area contributed by atoms with Gasteiger partial charge in [0.2, 0.25) is 5.89 Å². The molecule has 0 amide bonds. The topological polar surface area (TPSA) is 73.8 Å². The zero-order valence-corrected chi connectivity index (χ0v) is 13.7. The summed E-state index contributed by atoms with van der Waals surface area (Å²) in [5, 5.41) is 8.35. The van der Waals surface area contributed by atoms with E-state index >= 15 is 0 Å². The average molecular weight is 333 g/mol. The van der Waals surface area contributed by atoms with Crippen LogP contribution in [0.2, 0.25) is 0 Å². The van der Waals surface area contributed by atoms with E-state index in [2.05, 4.69) is 15.1 Å². The zero-order valence-electron chi connectivity index (χ0n) is 13.7. The molecule has 0 spiro atoms. The van der Waals surface area contributed by atoms with Gasteiger partial charge in [-0.1, -0.05) is 0 Å². The van der Waals surface area contributed by atoms with Crippen molar-refractivity contribution in [2.45, 2.75) is 37.9 Å². The molecular formula is C17H23N3O4. The fourth-order valence-corrected chi connectivity index (χ4v) is 3.30. The molecule has 2 aliphatic rings. The molecule has 2 aromatic rings. The molecule has 0 N–H and O–H groups in total. The zero-order chi connectivity index (χ0) is 16.2. The number of aromatic nitrogens is 2. The van der Waals surface area contributed by atoms with Gasteiger partial charge in [-0.2, -0.15) is 0 Å². The molecule has 7 nitrogen and oxygen atoms in total. The number of ether oxygens (including phenoxy) is 2. The van der Waals surface area contributed by atoms with Gasteiger partial charge in [0, 0.05) is 18.9 Å². The highest BCUT2D eigenvalue weighted by Gasteiger charge is 2.26. The van der Waals surface area contributed by atoms with Crippen LogP contribution >= 0.6 is 0 Å². The quantitative estimate of drug-likeness (QED) is 0.832. The van der Waals surface area contributed by atoms with Crippen molar-refractivity contribution in [3.8, 4) is 11.5 Å². The maximum atomic E-state index is 5.82. The van der Waals surface area contributed by atoms with Crippen molar-refractivity contribution in [1.29, 1.82) is 0 Å². The van der Waals surface area contributed by atoms with Crippen LogP contribution in [0.15, 0.2) is 27.4 Å². The summed E-state index contributed by atoms with van der Waals surface area (Å²) < 4.78 is 22.1. The third-order valence-corrected chi connectivity index (χ3v) is 4.72. The predicted molar refractivity (Wildman–Crippen MR) is 85.3 cm³/mol. The summed E-state index contributed by atoms with van der Waals surface area (Å²) in [5.41, 5.74) is 0.832. The van der Waals surface area contributed by atoms with Gasteiger partial charge in [0.15, 0.2) is 6.29 Å². The number of piperidine rings is 1. The summed E-state index contributed by atoms with van der Waals surface area (Å²) in [6.45, 7) is 4.74. The van der Waals surface area contributed by atoms with Crippen molar-refractivity contribution in [1.82, 2.24) is 15.1 Å². The first kappa shape index (κ1) is 15.8. The fourth-order valence-electron chi connectivity index (χ4n) is 3.30. The molecule has 7 heteroatoms. The van der Waals surface area contributed by atoms with Gasteiger partial charge >= 0.3 is 0 Å². The van der Waals surface area contributed by atoms with Crippen LogP contribution in [0.5, 0.6) is 0 Å². The summed E-state index contributed by atoms with van der Waals surface area (Å²) in [5.74, 6) is 1.62. The Labute approximate surface area is 140 Å². The molecule has 0 bridgehead atoms. The van der Waals surface area contributed by atoms with Gasteiger partial charge in [0.25, 0.3) is 5.89 Å². The molecule has 2 aliphatic heterocycles. The number of rotatable bonds is 5. The van der Waals surface area contributed by atoms with Gasteiger partial charge in [0.05, 0.1) is 25.0 Å². The molecule has 0 unspecified atom stereocenters. The molecule has 0 radical (unpaired) electrons. The standard InChI is InChI=1S/C17H23N3O4/c1-9-22-15(23-10-1)4-8-20-6-2-13(3-7-20)16-18-19-17(24-16)14-5-11-21-12-14/h5,11-13,15H,1-4,6-10H2. The fraction of sp³-hybridized carbons (Fsp3) is 0.647. The van der Waals surface area contributed by atoms with Crippen LogP contribution in [0.25, 0.3) is 11.5 Å². The van der Waals surface area contributed by atoms with E-state index < -0.39 is 0 Å². The van der Waals surface area contributed by atoms with Crippen LogP contribution in [0.1, 0.15) is 37.5 Å². The molecule has 0 saturated carbocycles. The minimum atomic E-state index is -0.0232. The Hall–Kier alpha value is -1.70. The van der Waals surface area contributed by atoms with Crippen molar-refractivity contribution in [2.24, 2.45) is 0 Å². The maximum absolute atomic E-state index is 5.82. The normalized spacial score (nSPS) is 21.3. The van der Waals surface area contributed by atoms with Crippen molar-refractivity contribution >= 4 is 0 Å². The van der Waals surface area contributed by atoms with Gasteiger partial charge in [-0.05, 0) is 38.4 Å².